The van der Waals surface area contributed by atoms with Crippen molar-refractivity contribution in [3.8, 4) is 0 Å². The lowest BCUT2D eigenvalue weighted by Crippen LogP contribution is -2.21. The third-order valence-electron chi connectivity index (χ3n) is 5.37. The molecule has 1 unspecified atom stereocenters. The van der Waals surface area contributed by atoms with Crippen LogP contribution in [0.5, 0.6) is 0 Å². The Kier molecular flexibility index (Phi) is 6.71. The zero-order valence-corrected chi connectivity index (χ0v) is 17.2. The number of fused-ring (bicyclic) bond motifs is 1. The summed E-state index contributed by atoms with van der Waals surface area (Å²) >= 11 is 0. The maximum atomic E-state index is 13.2. The van der Waals surface area contributed by atoms with Gasteiger partial charge in [-0.3, -0.25) is 9.59 Å². The molecule has 1 aliphatic heterocycles. The first-order chi connectivity index (χ1) is 13.5. The molecule has 0 amide bonds. The van der Waals surface area contributed by atoms with E-state index in [1.165, 1.54) is 5.56 Å². The van der Waals surface area contributed by atoms with E-state index in [1.807, 2.05) is 48.7 Å². The summed E-state index contributed by atoms with van der Waals surface area (Å²) in [6.07, 6.45) is 5.81. The number of aromatic nitrogens is 1. The van der Waals surface area contributed by atoms with Crippen LogP contribution in [0.1, 0.15) is 86.1 Å². The van der Waals surface area contributed by atoms with Gasteiger partial charge in [0.05, 0.1) is 17.7 Å². The largest absolute Gasteiger partial charge is 0.462 e. The van der Waals surface area contributed by atoms with Gasteiger partial charge < -0.3 is 9.30 Å². The quantitative estimate of drug-likeness (QED) is 0.484. The first-order valence-corrected chi connectivity index (χ1v) is 10.5. The molecule has 0 spiro atoms. The third-order valence-corrected chi connectivity index (χ3v) is 5.37. The highest BCUT2D eigenvalue weighted by atomic mass is 16.5. The van der Waals surface area contributed by atoms with Crippen LogP contribution in [-0.2, 0) is 22.5 Å². The van der Waals surface area contributed by atoms with E-state index in [1.54, 1.807) is 0 Å². The molecule has 4 heteroatoms. The maximum absolute atomic E-state index is 13.2. The van der Waals surface area contributed by atoms with E-state index in [0.717, 1.165) is 56.3 Å². The molecule has 1 aromatic heterocycles. The second-order valence-corrected chi connectivity index (χ2v) is 7.96. The second kappa shape index (κ2) is 9.22. The van der Waals surface area contributed by atoms with E-state index < -0.39 is 0 Å². The van der Waals surface area contributed by atoms with Gasteiger partial charge in [-0.2, -0.15) is 0 Å². The van der Waals surface area contributed by atoms with Gasteiger partial charge >= 0.3 is 5.97 Å². The summed E-state index contributed by atoms with van der Waals surface area (Å²) in [5.74, 6) is -0.443. The van der Waals surface area contributed by atoms with E-state index in [0.29, 0.717) is 5.69 Å². The zero-order valence-electron chi connectivity index (χ0n) is 17.2. The summed E-state index contributed by atoms with van der Waals surface area (Å²) in [6, 6.07) is 11.8. The van der Waals surface area contributed by atoms with Crippen molar-refractivity contribution in [2.45, 2.75) is 77.9 Å². The first kappa shape index (κ1) is 20.4. The van der Waals surface area contributed by atoms with Crippen LogP contribution in [0.3, 0.4) is 0 Å². The summed E-state index contributed by atoms with van der Waals surface area (Å²) in [4.78, 5) is 25.8. The molecule has 0 fully saturated rings. The van der Waals surface area contributed by atoms with Crippen LogP contribution in [0.25, 0.3) is 0 Å². The number of aryl methyl sites for hydroxylation is 1. The molecule has 0 N–H and O–H groups in total. The molecule has 0 aliphatic carbocycles. The van der Waals surface area contributed by atoms with Crippen LogP contribution in [0.2, 0.25) is 0 Å². The summed E-state index contributed by atoms with van der Waals surface area (Å²) in [5.41, 5.74) is 3.51. The Balaban J connectivity index is 1.89. The molecule has 1 aromatic carbocycles. The molecule has 2 aromatic rings. The molecule has 3 rings (SSSR count). The Hall–Kier alpha value is -2.36. The van der Waals surface area contributed by atoms with Crippen molar-refractivity contribution in [1.82, 2.24) is 4.57 Å². The van der Waals surface area contributed by atoms with Gasteiger partial charge in [-0.05, 0) is 63.3 Å². The van der Waals surface area contributed by atoms with Gasteiger partial charge in [-0.1, -0.05) is 38.0 Å². The number of nitrogens with zero attached hydrogens (tertiary/aromatic N) is 1. The fraction of sp³-hybridized carbons (Fsp3) is 0.500. The number of carbonyl (C=O) groups excluding carboxylic acids is 2. The number of hydrogen-bond acceptors (Lipinski definition) is 3. The Bertz CT molecular complexity index is 834. The monoisotopic (exact) mass is 381 g/mol. The molecule has 0 saturated carbocycles. The van der Waals surface area contributed by atoms with E-state index >= 15 is 0 Å². The number of esters is 1. The summed E-state index contributed by atoms with van der Waals surface area (Å²) in [7, 11) is 0. The molecule has 28 heavy (non-hydrogen) atoms. The lowest BCUT2D eigenvalue weighted by molar-refractivity contribution is -0.149. The average Bonchev–Trinajstić information content (AvgIpc) is 2.97. The minimum absolute atomic E-state index is 0.0301. The van der Waals surface area contributed by atoms with Crippen molar-refractivity contribution in [2.24, 2.45) is 0 Å². The predicted octanol–water partition coefficient (Wildman–Crippen LogP) is 5.28. The van der Waals surface area contributed by atoms with Crippen molar-refractivity contribution in [1.29, 1.82) is 0 Å². The molecule has 2 heterocycles. The number of rotatable bonds is 7. The highest BCUT2D eigenvalue weighted by molar-refractivity contribution is 6.08. The smallest absolute Gasteiger partial charge is 0.315 e. The SMILES string of the molecule is CCCCc1cccc(C(=O)c2ccc3n2CCCCC3C(=O)OC(C)C)c1. The van der Waals surface area contributed by atoms with Crippen molar-refractivity contribution in [3.63, 3.8) is 0 Å². The molecule has 1 aliphatic rings. The number of ketones is 1. The highest BCUT2D eigenvalue weighted by Crippen LogP contribution is 2.31. The highest BCUT2D eigenvalue weighted by Gasteiger charge is 2.30. The van der Waals surface area contributed by atoms with Crippen LogP contribution < -0.4 is 0 Å². The van der Waals surface area contributed by atoms with Crippen LogP contribution in [-0.4, -0.2) is 22.4 Å². The molecule has 4 nitrogen and oxygen atoms in total. The van der Waals surface area contributed by atoms with Gasteiger partial charge in [-0.15, -0.1) is 0 Å². The standard InChI is InChI=1S/C24H31NO3/c1-4-5-9-18-10-8-11-19(16-18)23(26)22-14-13-21-20(24(27)28-17(2)3)12-6-7-15-25(21)22/h8,10-11,13-14,16-17,20H,4-7,9,12,15H2,1-3H3. The lowest BCUT2D eigenvalue weighted by atomic mass is 10.00. The Morgan fingerprint density at radius 1 is 1.18 bits per heavy atom. The van der Waals surface area contributed by atoms with E-state index in [4.69, 9.17) is 4.74 Å². The third kappa shape index (κ3) is 4.54. The van der Waals surface area contributed by atoms with Gasteiger partial charge in [0.2, 0.25) is 5.78 Å². The van der Waals surface area contributed by atoms with Gasteiger partial charge in [0.25, 0.3) is 0 Å². The first-order valence-electron chi connectivity index (χ1n) is 10.5. The fourth-order valence-electron chi connectivity index (χ4n) is 3.95. The summed E-state index contributed by atoms with van der Waals surface area (Å²) in [5, 5.41) is 0. The van der Waals surface area contributed by atoms with Crippen LogP contribution in [0, 0.1) is 0 Å². The molecular weight excluding hydrogens is 350 g/mol. The number of ether oxygens (including phenoxy) is 1. The molecule has 0 saturated heterocycles. The average molecular weight is 382 g/mol. The lowest BCUT2D eigenvalue weighted by Gasteiger charge is -2.18. The normalized spacial score (nSPS) is 16.5. The van der Waals surface area contributed by atoms with E-state index in [-0.39, 0.29) is 23.8 Å². The number of benzene rings is 1. The van der Waals surface area contributed by atoms with Gasteiger partial charge in [0.1, 0.15) is 0 Å². The number of carbonyl (C=O) groups is 2. The molecular formula is C24H31NO3. The Morgan fingerprint density at radius 3 is 2.75 bits per heavy atom. The Morgan fingerprint density at radius 2 is 2.00 bits per heavy atom. The molecule has 150 valence electrons. The van der Waals surface area contributed by atoms with Gasteiger partial charge in [-0.25, -0.2) is 0 Å². The van der Waals surface area contributed by atoms with E-state index in [9.17, 15) is 9.59 Å². The maximum Gasteiger partial charge on any atom is 0.315 e. The molecule has 0 bridgehead atoms. The van der Waals surface area contributed by atoms with Crippen LogP contribution in [0.4, 0.5) is 0 Å². The number of hydrogen-bond donors (Lipinski definition) is 0. The summed E-state index contributed by atoms with van der Waals surface area (Å²) in [6.45, 7) is 6.68. The molecule has 0 radical (unpaired) electrons. The predicted molar refractivity (Wildman–Crippen MR) is 111 cm³/mol. The molecule has 1 atom stereocenters. The van der Waals surface area contributed by atoms with Crippen molar-refractivity contribution < 1.29 is 14.3 Å². The van der Waals surface area contributed by atoms with Crippen LogP contribution >= 0.6 is 0 Å². The second-order valence-electron chi connectivity index (χ2n) is 7.96. The van der Waals surface area contributed by atoms with Gasteiger partial charge in [0.15, 0.2) is 0 Å². The topological polar surface area (TPSA) is 48.3 Å². The zero-order chi connectivity index (χ0) is 20.1. The van der Waals surface area contributed by atoms with E-state index in [2.05, 4.69) is 13.0 Å². The minimum Gasteiger partial charge on any atom is -0.462 e. The van der Waals surface area contributed by atoms with Crippen molar-refractivity contribution >= 4 is 11.8 Å². The van der Waals surface area contributed by atoms with Gasteiger partial charge in [0, 0.05) is 17.8 Å². The minimum atomic E-state index is -0.290. The fourth-order valence-corrected chi connectivity index (χ4v) is 3.95. The Labute approximate surface area is 167 Å². The number of unbranched alkanes of at least 4 members (excludes halogenated alkanes) is 1. The summed E-state index contributed by atoms with van der Waals surface area (Å²) < 4.78 is 7.51. The van der Waals surface area contributed by atoms with Crippen molar-refractivity contribution in [3.05, 3.63) is 58.9 Å². The van der Waals surface area contributed by atoms with Crippen LogP contribution in [0.15, 0.2) is 36.4 Å². The van der Waals surface area contributed by atoms with Crippen molar-refractivity contribution in [2.75, 3.05) is 0 Å².